The summed E-state index contributed by atoms with van der Waals surface area (Å²) in [6.45, 7) is 6.78. The molecule has 10 nitrogen and oxygen atoms in total. The number of nitrogens with zero attached hydrogens (tertiary/aromatic N) is 3. The van der Waals surface area contributed by atoms with Crippen molar-refractivity contribution in [3.8, 4) is 0 Å². The molecule has 1 saturated heterocycles. The van der Waals surface area contributed by atoms with Gasteiger partial charge in [-0.25, -0.2) is 21.6 Å². The maximum absolute atomic E-state index is 12.4. The van der Waals surface area contributed by atoms with Crippen LogP contribution in [0.1, 0.15) is 20.3 Å². The summed E-state index contributed by atoms with van der Waals surface area (Å²) in [5.74, 6) is 0.681. The lowest BCUT2D eigenvalue weighted by molar-refractivity contribution is 0.0904. The molecule has 0 unspecified atom stereocenters. The fraction of sp³-hybridized carbons (Fsp3) is 0.933. The Morgan fingerprint density at radius 3 is 2.21 bits per heavy atom. The summed E-state index contributed by atoms with van der Waals surface area (Å²) in [6.07, 6.45) is 1.76. The van der Waals surface area contributed by atoms with Gasteiger partial charge in [0.15, 0.2) is 5.96 Å². The van der Waals surface area contributed by atoms with Gasteiger partial charge >= 0.3 is 0 Å². The molecule has 0 aromatic heterocycles. The van der Waals surface area contributed by atoms with Crippen LogP contribution in [-0.4, -0.2) is 103 Å². The van der Waals surface area contributed by atoms with E-state index in [4.69, 9.17) is 4.74 Å². The Hall–Kier alpha value is -0.220. The van der Waals surface area contributed by atoms with Crippen LogP contribution in [0, 0.1) is 0 Å². The lowest BCUT2D eigenvalue weighted by atomic mass is 10.4. The smallest absolute Gasteiger partial charge is 0.216 e. The van der Waals surface area contributed by atoms with E-state index in [1.54, 1.807) is 7.05 Å². The molecule has 13 heteroatoms. The van der Waals surface area contributed by atoms with Crippen LogP contribution in [0.15, 0.2) is 4.99 Å². The number of aliphatic imine (C=N–C) groups is 1. The third-order valence-electron chi connectivity index (χ3n) is 3.94. The van der Waals surface area contributed by atoms with Gasteiger partial charge in [0.25, 0.3) is 0 Å². The number of ether oxygens (including phenoxy) is 1. The summed E-state index contributed by atoms with van der Waals surface area (Å²) < 4.78 is 56.0. The van der Waals surface area contributed by atoms with E-state index < -0.39 is 20.0 Å². The summed E-state index contributed by atoms with van der Waals surface area (Å²) in [7, 11) is -4.82. The van der Waals surface area contributed by atoms with E-state index in [0.717, 1.165) is 6.26 Å². The second kappa shape index (κ2) is 13.2. The SMILES string of the molecule is CN=C(NCCCNS(C)(=O)=O)N1CCN(S(=O)(=O)CCOC(C)C)CC1.I. The first kappa shape index (κ1) is 27.8. The summed E-state index contributed by atoms with van der Waals surface area (Å²) in [4.78, 5) is 6.22. The molecule has 0 bridgehead atoms. The van der Waals surface area contributed by atoms with E-state index in [1.807, 2.05) is 18.7 Å². The molecule has 0 aromatic rings. The van der Waals surface area contributed by atoms with Gasteiger partial charge in [-0.15, -0.1) is 24.0 Å². The normalized spacial score (nSPS) is 16.9. The Labute approximate surface area is 186 Å². The summed E-state index contributed by atoms with van der Waals surface area (Å²) in [5.41, 5.74) is 0. The van der Waals surface area contributed by atoms with Crippen LogP contribution >= 0.6 is 24.0 Å². The van der Waals surface area contributed by atoms with Gasteiger partial charge in [-0.2, -0.15) is 4.31 Å². The molecule has 0 atom stereocenters. The first-order valence-electron chi connectivity index (χ1n) is 9.05. The van der Waals surface area contributed by atoms with Gasteiger partial charge in [-0.05, 0) is 20.3 Å². The van der Waals surface area contributed by atoms with Crippen LogP contribution in [0.4, 0.5) is 0 Å². The van der Waals surface area contributed by atoms with Crippen molar-refractivity contribution in [1.82, 2.24) is 19.2 Å². The Morgan fingerprint density at radius 1 is 1.11 bits per heavy atom. The molecule has 28 heavy (non-hydrogen) atoms. The maximum Gasteiger partial charge on any atom is 0.216 e. The zero-order chi connectivity index (χ0) is 20.5. The van der Waals surface area contributed by atoms with Crippen molar-refractivity contribution in [2.24, 2.45) is 4.99 Å². The Kier molecular flexibility index (Phi) is 13.1. The van der Waals surface area contributed by atoms with Gasteiger partial charge in [0.1, 0.15) is 0 Å². The van der Waals surface area contributed by atoms with Gasteiger partial charge in [0, 0.05) is 46.3 Å². The predicted molar refractivity (Wildman–Crippen MR) is 122 cm³/mol. The molecule has 1 aliphatic rings. The summed E-state index contributed by atoms with van der Waals surface area (Å²) in [6, 6.07) is 0. The number of halogens is 1. The molecule has 168 valence electrons. The Balaban J connectivity index is 0.00000729. The van der Waals surface area contributed by atoms with Crippen LogP contribution < -0.4 is 10.0 Å². The molecule has 0 amide bonds. The maximum atomic E-state index is 12.4. The molecule has 0 aliphatic carbocycles. The number of sulfonamides is 2. The molecular formula is C15H34IN5O5S2. The van der Waals surface area contributed by atoms with Crippen molar-refractivity contribution >= 4 is 50.0 Å². The van der Waals surface area contributed by atoms with Gasteiger partial charge in [-0.3, -0.25) is 4.99 Å². The van der Waals surface area contributed by atoms with Gasteiger partial charge in [-0.1, -0.05) is 0 Å². The molecule has 0 radical (unpaired) electrons. The van der Waals surface area contributed by atoms with Crippen LogP contribution in [-0.2, 0) is 24.8 Å². The van der Waals surface area contributed by atoms with Gasteiger partial charge in [0.2, 0.25) is 20.0 Å². The number of nitrogens with one attached hydrogen (secondary N) is 2. The highest BCUT2D eigenvalue weighted by molar-refractivity contribution is 14.0. The van der Waals surface area contributed by atoms with Crippen LogP contribution in [0.5, 0.6) is 0 Å². The fourth-order valence-corrected chi connectivity index (χ4v) is 4.37. The Morgan fingerprint density at radius 2 is 1.71 bits per heavy atom. The number of hydrogen-bond donors (Lipinski definition) is 2. The molecule has 1 aliphatic heterocycles. The summed E-state index contributed by atoms with van der Waals surface area (Å²) >= 11 is 0. The van der Waals surface area contributed by atoms with Crippen LogP contribution in [0.3, 0.4) is 0 Å². The fourth-order valence-electron chi connectivity index (χ4n) is 2.57. The van der Waals surface area contributed by atoms with Gasteiger partial charge < -0.3 is 15.0 Å². The van der Waals surface area contributed by atoms with E-state index in [9.17, 15) is 16.8 Å². The second-order valence-corrected chi connectivity index (χ2v) is 10.5. The molecule has 0 spiro atoms. The van der Waals surface area contributed by atoms with E-state index >= 15 is 0 Å². The molecule has 1 heterocycles. The predicted octanol–water partition coefficient (Wildman–Crippen LogP) is -0.508. The van der Waals surface area contributed by atoms with E-state index in [2.05, 4.69) is 15.0 Å². The number of rotatable bonds is 10. The minimum Gasteiger partial charge on any atom is -0.378 e. The average molecular weight is 556 g/mol. The number of piperazine rings is 1. The van der Waals surface area contributed by atoms with E-state index in [1.165, 1.54) is 4.31 Å². The van der Waals surface area contributed by atoms with Crippen molar-refractivity contribution in [3.05, 3.63) is 0 Å². The second-order valence-electron chi connectivity index (χ2n) is 6.62. The third kappa shape index (κ3) is 11.1. The molecule has 0 aromatic carbocycles. The van der Waals surface area contributed by atoms with Crippen molar-refractivity contribution in [2.75, 3.05) is 64.9 Å². The lowest BCUT2D eigenvalue weighted by Gasteiger charge is -2.35. The molecule has 2 N–H and O–H groups in total. The zero-order valence-corrected chi connectivity index (χ0v) is 21.0. The van der Waals surface area contributed by atoms with Crippen LogP contribution in [0.25, 0.3) is 0 Å². The minimum absolute atomic E-state index is 0. The minimum atomic E-state index is -3.32. The Bertz CT molecular complexity index is 677. The summed E-state index contributed by atoms with van der Waals surface area (Å²) in [5, 5.41) is 3.18. The van der Waals surface area contributed by atoms with Crippen molar-refractivity contribution in [1.29, 1.82) is 0 Å². The highest BCUT2D eigenvalue weighted by Crippen LogP contribution is 2.09. The van der Waals surface area contributed by atoms with Crippen molar-refractivity contribution in [2.45, 2.75) is 26.4 Å². The zero-order valence-electron chi connectivity index (χ0n) is 17.0. The average Bonchev–Trinajstić information content (AvgIpc) is 2.57. The standard InChI is InChI=1S/C15H33N5O5S2.HI/c1-14(2)25-12-13-27(23,24)20-10-8-19(9-11-20)15(16-3)17-6-5-7-18-26(4,21)22;/h14,18H,5-13H2,1-4H3,(H,16,17);1H. The third-order valence-corrected chi connectivity index (χ3v) is 6.50. The highest BCUT2D eigenvalue weighted by Gasteiger charge is 2.27. The first-order valence-corrected chi connectivity index (χ1v) is 12.5. The largest absolute Gasteiger partial charge is 0.378 e. The van der Waals surface area contributed by atoms with Crippen molar-refractivity contribution in [3.63, 3.8) is 0 Å². The molecule has 1 rings (SSSR count). The van der Waals surface area contributed by atoms with Crippen LogP contribution in [0.2, 0.25) is 0 Å². The van der Waals surface area contributed by atoms with Crippen molar-refractivity contribution < 1.29 is 21.6 Å². The highest BCUT2D eigenvalue weighted by atomic mass is 127. The molecule has 1 fully saturated rings. The van der Waals surface area contributed by atoms with Gasteiger partial charge in [0.05, 0.1) is 24.7 Å². The topological polar surface area (TPSA) is 120 Å². The molecule has 0 saturated carbocycles. The quantitative estimate of drug-likeness (QED) is 0.161. The molecular weight excluding hydrogens is 521 g/mol. The first-order chi connectivity index (χ1) is 12.5. The number of guanidine groups is 1. The lowest BCUT2D eigenvalue weighted by Crippen LogP contribution is -2.54. The van der Waals surface area contributed by atoms with E-state index in [0.29, 0.717) is 51.6 Å². The number of hydrogen-bond acceptors (Lipinski definition) is 6. The monoisotopic (exact) mass is 555 g/mol. The van der Waals surface area contributed by atoms with E-state index in [-0.39, 0.29) is 42.4 Å².